The maximum atomic E-state index is 2.44. The predicted molar refractivity (Wildman–Crippen MR) is 29.4 cm³/mol. The summed E-state index contributed by atoms with van der Waals surface area (Å²) in [4.78, 5) is 0. The first-order valence-corrected chi connectivity index (χ1v) is 6.09. The van der Waals surface area contributed by atoms with E-state index in [9.17, 15) is 0 Å². The third-order valence-corrected chi connectivity index (χ3v) is 4.48. The summed E-state index contributed by atoms with van der Waals surface area (Å²) in [6, 6.07) is 0. The minimum atomic E-state index is 0.618. The molecule has 2 heteroatoms. The first kappa shape index (κ1) is 6.46. The quantitative estimate of drug-likeness (QED) is 0.429. The first-order chi connectivity index (χ1) is 2.41. The van der Waals surface area contributed by atoms with Crippen LogP contribution in [0.2, 0.25) is 0 Å². The van der Waals surface area contributed by atoms with Crippen molar-refractivity contribution in [2.24, 2.45) is 0 Å². The Hall–Kier alpha value is 1.46. The van der Waals surface area contributed by atoms with E-state index in [1.165, 1.54) is 6.86 Å². The zero-order chi connectivity index (χ0) is 4.12. The molecule has 0 atom stereocenters. The zero-order valence-corrected chi connectivity index (χ0v) is 7.49. The third kappa shape index (κ3) is 5.46. The van der Waals surface area contributed by atoms with Gasteiger partial charge in [0.2, 0.25) is 0 Å². The van der Waals surface area contributed by atoms with Crippen LogP contribution in [0.15, 0.2) is 0 Å². The van der Waals surface area contributed by atoms with Gasteiger partial charge in [0.05, 0.1) is 0 Å². The summed E-state index contributed by atoms with van der Waals surface area (Å²) in [6.45, 7) is 2.26. The van der Waals surface area contributed by atoms with Gasteiger partial charge in [-0.1, -0.05) is 0 Å². The van der Waals surface area contributed by atoms with Gasteiger partial charge in [-0.3, -0.25) is 0 Å². The van der Waals surface area contributed by atoms with E-state index in [4.69, 9.17) is 0 Å². The first-order valence-electron chi connectivity index (χ1n) is 1.51. The van der Waals surface area contributed by atoms with Crippen LogP contribution in [0.3, 0.4) is 0 Å². The molecule has 0 fully saturated rings. The van der Waals surface area contributed by atoms with E-state index in [0.29, 0.717) is 21.2 Å². The second-order valence-corrected chi connectivity index (χ2v) is 7.61. The van der Waals surface area contributed by atoms with E-state index >= 15 is 0 Å². The Bertz CT molecular complexity index is 12.4. The molecule has 0 aromatic carbocycles. The summed E-state index contributed by atoms with van der Waals surface area (Å²) in [6.07, 6.45) is 0. The van der Waals surface area contributed by atoms with Crippen LogP contribution >= 0.6 is 22.6 Å². The Balaban J connectivity index is 2.19. The summed E-state index contributed by atoms with van der Waals surface area (Å²) in [5.74, 6) is 0. The van der Waals surface area contributed by atoms with Gasteiger partial charge in [-0.05, 0) is 0 Å². The molecule has 0 heterocycles. The molecule has 0 spiro atoms. The molecule has 0 nitrogen and oxygen atoms in total. The average molecular weight is 297 g/mol. The Morgan fingerprint density at radius 2 is 2.40 bits per heavy atom. The monoisotopic (exact) mass is 297 g/mol. The Labute approximate surface area is 57.1 Å². The molecule has 0 bridgehead atoms. The molecular weight excluding hydrogens is 290 g/mol. The van der Waals surface area contributed by atoms with Gasteiger partial charge in [0.25, 0.3) is 0 Å². The van der Waals surface area contributed by atoms with Crippen LogP contribution in [0.1, 0.15) is 6.92 Å². The molecule has 0 amide bonds. The van der Waals surface area contributed by atoms with Gasteiger partial charge in [-0.25, -0.2) is 0 Å². The van der Waals surface area contributed by atoms with Gasteiger partial charge >= 0.3 is 57.6 Å². The molecule has 0 rings (SSSR count). The fraction of sp³-hybridized carbons (Fsp3) is 1.00. The van der Waals surface area contributed by atoms with Crippen molar-refractivity contribution >= 4 is 22.6 Å². The third-order valence-electron chi connectivity index (χ3n) is 0.260. The Morgan fingerprint density at radius 3 is 2.40 bits per heavy atom. The van der Waals surface area contributed by atoms with E-state index in [1.54, 1.807) is 0 Å². The SMILES string of the molecule is CC[I-]CI. The second-order valence-electron chi connectivity index (χ2n) is 0.557. The molecule has 0 aliphatic heterocycles. The van der Waals surface area contributed by atoms with Crippen molar-refractivity contribution < 1.29 is 21.2 Å². The van der Waals surface area contributed by atoms with E-state index in [2.05, 4.69) is 29.5 Å². The van der Waals surface area contributed by atoms with Gasteiger partial charge in [0.15, 0.2) is 0 Å². The minimum absolute atomic E-state index is 0.618. The summed E-state index contributed by atoms with van der Waals surface area (Å²) in [5, 5.41) is 0. The summed E-state index contributed by atoms with van der Waals surface area (Å²) < 4.78 is 2.87. The van der Waals surface area contributed by atoms with Gasteiger partial charge in [0.1, 0.15) is 0 Å². The number of rotatable bonds is 2. The Kier molecular flexibility index (Phi) is 7.05. The van der Waals surface area contributed by atoms with Crippen LogP contribution < -0.4 is 21.2 Å². The van der Waals surface area contributed by atoms with Crippen molar-refractivity contribution in [3.8, 4) is 0 Å². The van der Waals surface area contributed by atoms with E-state index in [-0.39, 0.29) is 0 Å². The average Bonchev–Trinajstić information content (AvgIpc) is 1.41. The molecule has 0 radical (unpaired) electrons. The molecule has 0 aliphatic rings. The van der Waals surface area contributed by atoms with Crippen LogP contribution in [0, 0.1) is 0 Å². The summed E-state index contributed by atoms with van der Waals surface area (Å²) >= 11 is 3.05. The molecule has 0 aromatic rings. The van der Waals surface area contributed by atoms with Crippen molar-refractivity contribution in [2.45, 2.75) is 6.92 Å². The van der Waals surface area contributed by atoms with E-state index < -0.39 is 0 Å². The van der Waals surface area contributed by atoms with Crippen LogP contribution in [0.25, 0.3) is 0 Å². The van der Waals surface area contributed by atoms with Gasteiger partial charge < -0.3 is 0 Å². The molecule has 5 heavy (non-hydrogen) atoms. The Morgan fingerprint density at radius 1 is 1.80 bits per heavy atom. The molecule has 0 aromatic heterocycles. The second kappa shape index (κ2) is 5.46. The molecule has 0 saturated heterocycles. The van der Waals surface area contributed by atoms with Crippen molar-refractivity contribution in [1.29, 1.82) is 0 Å². The predicted octanol–water partition coefficient (Wildman–Crippen LogP) is -1.51. The van der Waals surface area contributed by atoms with Crippen LogP contribution in [0.5, 0.6) is 0 Å². The van der Waals surface area contributed by atoms with Crippen LogP contribution in [-0.4, -0.2) is 6.86 Å². The standard InChI is InChI=1S/C3H7I2/c1-2-5-3-4/h2-3H2,1H3/q-1. The number of hydrogen-bond donors (Lipinski definition) is 0. The zero-order valence-electron chi connectivity index (χ0n) is 3.17. The molecule has 0 N–H and O–H groups in total. The van der Waals surface area contributed by atoms with E-state index in [1.807, 2.05) is 0 Å². The summed E-state index contributed by atoms with van der Waals surface area (Å²) in [5.41, 5.74) is 0. The molecule has 34 valence electrons. The maximum absolute atomic E-state index is 2.44. The van der Waals surface area contributed by atoms with Gasteiger partial charge in [-0.15, -0.1) is 0 Å². The fourth-order valence-electron chi connectivity index (χ4n) is 0.0714. The number of alkyl halides is 3. The van der Waals surface area contributed by atoms with Crippen LogP contribution in [-0.2, 0) is 0 Å². The fourth-order valence-corrected chi connectivity index (χ4v) is 3.21. The van der Waals surface area contributed by atoms with Gasteiger partial charge in [-0.2, -0.15) is 0 Å². The van der Waals surface area contributed by atoms with Gasteiger partial charge in [0, 0.05) is 0 Å². The van der Waals surface area contributed by atoms with Crippen molar-refractivity contribution in [3.05, 3.63) is 0 Å². The molecule has 0 aliphatic carbocycles. The molecule has 0 unspecified atom stereocenters. The van der Waals surface area contributed by atoms with E-state index in [0.717, 1.165) is 0 Å². The molecule has 0 saturated carbocycles. The summed E-state index contributed by atoms with van der Waals surface area (Å²) in [7, 11) is 0. The molecular formula is C3H7I2-. The number of hydrogen-bond acceptors (Lipinski definition) is 0. The van der Waals surface area contributed by atoms with Crippen molar-refractivity contribution in [1.82, 2.24) is 0 Å². The van der Waals surface area contributed by atoms with Crippen molar-refractivity contribution in [3.63, 3.8) is 0 Å². The normalized spacial score (nSPS) is 9.20. The number of halogens is 2. The topological polar surface area (TPSA) is 0 Å². The van der Waals surface area contributed by atoms with Crippen LogP contribution in [0.4, 0.5) is 0 Å². The van der Waals surface area contributed by atoms with Crippen molar-refractivity contribution in [2.75, 3.05) is 6.86 Å².